The Morgan fingerprint density at radius 1 is 1.18 bits per heavy atom. The standard InChI is InChI=1S/C21H29N5O.HI/c1-22-21(24-15-18-9-6-12-23-20(18)27-2)25-19-10-13-26(14-11-19)16-17-7-4-3-5-8-17;/h3-9,12,19H,10-11,13-16H2,1-2H3,(H2,22,24,25);1H. The molecule has 1 aliphatic heterocycles. The van der Waals surface area contributed by atoms with Crippen LogP contribution in [0.5, 0.6) is 5.88 Å². The van der Waals surface area contributed by atoms with Gasteiger partial charge in [-0.05, 0) is 24.5 Å². The van der Waals surface area contributed by atoms with Crippen molar-refractivity contribution in [2.75, 3.05) is 27.2 Å². The Bertz CT molecular complexity index is 733. The van der Waals surface area contributed by atoms with E-state index in [1.807, 2.05) is 12.1 Å². The zero-order valence-corrected chi connectivity index (χ0v) is 18.9. The van der Waals surface area contributed by atoms with E-state index in [0.29, 0.717) is 18.5 Å². The molecule has 2 aromatic rings. The molecule has 1 saturated heterocycles. The number of guanidine groups is 1. The largest absolute Gasteiger partial charge is 0.481 e. The van der Waals surface area contributed by atoms with Crippen LogP contribution in [-0.4, -0.2) is 49.1 Å². The zero-order chi connectivity index (χ0) is 18.9. The van der Waals surface area contributed by atoms with E-state index in [1.54, 1.807) is 20.4 Å². The molecule has 3 rings (SSSR count). The number of nitrogens with one attached hydrogen (secondary N) is 2. The van der Waals surface area contributed by atoms with Gasteiger partial charge in [-0.3, -0.25) is 9.89 Å². The minimum absolute atomic E-state index is 0. The smallest absolute Gasteiger partial charge is 0.218 e. The number of ether oxygens (including phenoxy) is 1. The molecule has 6 nitrogen and oxygen atoms in total. The lowest BCUT2D eigenvalue weighted by molar-refractivity contribution is 0.198. The number of methoxy groups -OCH3 is 1. The second kappa shape index (κ2) is 11.9. The van der Waals surface area contributed by atoms with E-state index in [9.17, 15) is 0 Å². The number of aliphatic imine (C=N–C) groups is 1. The number of halogens is 1. The van der Waals surface area contributed by atoms with Gasteiger partial charge in [0.15, 0.2) is 5.96 Å². The molecule has 0 amide bonds. The summed E-state index contributed by atoms with van der Waals surface area (Å²) in [5, 5.41) is 6.91. The van der Waals surface area contributed by atoms with E-state index < -0.39 is 0 Å². The number of nitrogens with zero attached hydrogens (tertiary/aromatic N) is 3. The quantitative estimate of drug-likeness (QED) is 0.367. The molecular formula is C21H30IN5O. The van der Waals surface area contributed by atoms with Crippen LogP contribution in [-0.2, 0) is 13.1 Å². The highest BCUT2D eigenvalue weighted by molar-refractivity contribution is 14.0. The highest BCUT2D eigenvalue weighted by Gasteiger charge is 2.20. The summed E-state index contributed by atoms with van der Waals surface area (Å²) >= 11 is 0. The van der Waals surface area contributed by atoms with Crippen molar-refractivity contribution in [2.45, 2.75) is 32.0 Å². The van der Waals surface area contributed by atoms with Crippen LogP contribution in [0.3, 0.4) is 0 Å². The van der Waals surface area contributed by atoms with Gasteiger partial charge < -0.3 is 15.4 Å². The molecule has 2 N–H and O–H groups in total. The topological polar surface area (TPSA) is 61.8 Å². The van der Waals surface area contributed by atoms with Gasteiger partial charge in [0.2, 0.25) is 5.88 Å². The summed E-state index contributed by atoms with van der Waals surface area (Å²) in [7, 11) is 3.45. The molecule has 2 heterocycles. The predicted octanol–water partition coefficient (Wildman–Crippen LogP) is 3.04. The maximum Gasteiger partial charge on any atom is 0.218 e. The first-order chi connectivity index (χ1) is 13.3. The van der Waals surface area contributed by atoms with Crippen molar-refractivity contribution in [3.63, 3.8) is 0 Å². The van der Waals surface area contributed by atoms with E-state index in [-0.39, 0.29) is 24.0 Å². The molecule has 1 fully saturated rings. The Morgan fingerprint density at radius 3 is 2.61 bits per heavy atom. The lowest BCUT2D eigenvalue weighted by atomic mass is 10.0. The molecule has 0 atom stereocenters. The molecule has 0 bridgehead atoms. The molecule has 1 aromatic carbocycles. The van der Waals surface area contributed by atoms with Gasteiger partial charge in [0, 0.05) is 51.0 Å². The van der Waals surface area contributed by atoms with Crippen LogP contribution in [0.2, 0.25) is 0 Å². The van der Waals surface area contributed by atoms with Gasteiger partial charge in [0.25, 0.3) is 0 Å². The van der Waals surface area contributed by atoms with Crippen molar-refractivity contribution < 1.29 is 4.74 Å². The summed E-state index contributed by atoms with van der Waals surface area (Å²) in [6.07, 6.45) is 3.96. The number of hydrogen-bond acceptors (Lipinski definition) is 4. The Balaban J connectivity index is 0.00000280. The molecule has 0 aliphatic carbocycles. The maximum atomic E-state index is 5.30. The van der Waals surface area contributed by atoms with Crippen molar-refractivity contribution in [3.05, 3.63) is 59.8 Å². The van der Waals surface area contributed by atoms with Gasteiger partial charge in [-0.1, -0.05) is 36.4 Å². The normalized spacial score (nSPS) is 15.6. The maximum absolute atomic E-state index is 5.30. The number of pyridine rings is 1. The van der Waals surface area contributed by atoms with E-state index in [0.717, 1.165) is 44.0 Å². The second-order valence-electron chi connectivity index (χ2n) is 6.78. The molecule has 0 radical (unpaired) electrons. The fraction of sp³-hybridized carbons (Fsp3) is 0.429. The van der Waals surface area contributed by atoms with Crippen LogP contribution in [0.25, 0.3) is 0 Å². The van der Waals surface area contributed by atoms with Gasteiger partial charge in [-0.25, -0.2) is 4.98 Å². The second-order valence-corrected chi connectivity index (χ2v) is 6.78. The average Bonchev–Trinajstić information content (AvgIpc) is 2.73. The number of rotatable bonds is 6. The minimum Gasteiger partial charge on any atom is -0.481 e. The molecule has 7 heteroatoms. The predicted molar refractivity (Wildman–Crippen MR) is 124 cm³/mol. The van der Waals surface area contributed by atoms with Crippen LogP contribution in [0, 0.1) is 0 Å². The molecule has 1 aromatic heterocycles. The highest BCUT2D eigenvalue weighted by atomic mass is 127. The van der Waals surface area contributed by atoms with Gasteiger partial charge >= 0.3 is 0 Å². The van der Waals surface area contributed by atoms with E-state index in [4.69, 9.17) is 4.74 Å². The summed E-state index contributed by atoms with van der Waals surface area (Å²) in [5.41, 5.74) is 2.40. The van der Waals surface area contributed by atoms with Crippen molar-refractivity contribution in [1.29, 1.82) is 0 Å². The SMILES string of the molecule is CN=C(NCc1cccnc1OC)NC1CCN(Cc2ccccc2)CC1.I. The molecule has 0 spiro atoms. The van der Waals surface area contributed by atoms with Crippen LogP contribution in [0.15, 0.2) is 53.7 Å². The average molecular weight is 495 g/mol. The highest BCUT2D eigenvalue weighted by Crippen LogP contribution is 2.15. The number of aromatic nitrogens is 1. The van der Waals surface area contributed by atoms with Crippen LogP contribution >= 0.6 is 24.0 Å². The fourth-order valence-electron chi connectivity index (χ4n) is 3.39. The first kappa shape index (κ1) is 22.4. The molecule has 152 valence electrons. The molecule has 0 saturated carbocycles. The van der Waals surface area contributed by atoms with Gasteiger partial charge in [-0.15, -0.1) is 24.0 Å². The summed E-state index contributed by atoms with van der Waals surface area (Å²) in [6, 6.07) is 15.0. The van der Waals surface area contributed by atoms with Crippen molar-refractivity contribution in [1.82, 2.24) is 20.5 Å². The van der Waals surface area contributed by atoms with Crippen LogP contribution in [0.4, 0.5) is 0 Å². The van der Waals surface area contributed by atoms with Crippen molar-refractivity contribution >= 4 is 29.9 Å². The third-order valence-electron chi connectivity index (χ3n) is 4.89. The number of piperidine rings is 1. The van der Waals surface area contributed by atoms with Crippen LogP contribution < -0.4 is 15.4 Å². The first-order valence-electron chi connectivity index (χ1n) is 9.50. The fourth-order valence-corrected chi connectivity index (χ4v) is 3.39. The number of benzene rings is 1. The number of hydrogen-bond donors (Lipinski definition) is 2. The molecule has 1 aliphatic rings. The summed E-state index contributed by atoms with van der Waals surface area (Å²) < 4.78 is 5.30. The van der Waals surface area contributed by atoms with Crippen LogP contribution in [0.1, 0.15) is 24.0 Å². The van der Waals surface area contributed by atoms with E-state index in [1.165, 1.54) is 5.56 Å². The number of likely N-dealkylation sites (tertiary alicyclic amines) is 1. The monoisotopic (exact) mass is 495 g/mol. The third kappa shape index (κ3) is 6.63. The molecule has 0 unspecified atom stereocenters. The zero-order valence-electron chi connectivity index (χ0n) is 16.6. The van der Waals surface area contributed by atoms with Crippen molar-refractivity contribution in [2.24, 2.45) is 4.99 Å². The molecule has 28 heavy (non-hydrogen) atoms. The third-order valence-corrected chi connectivity index (χ3v) is 4.89. The summed E-state index contributed by atoms with van der Waals surface area (Å²) in [6.45, 7) is 3.85. The lowest BCUT2D eigenvalue weighted by Gasteiger charge is -2.33. The lowest BCUT2D eigenvalue weighted by Crippen LogP contribution is -2.48. The first-order valence-corrected chi connectivity index (χ1v) is 9.50. The van der Waals surface area contributed by atoms with E-state index >= 15 is 0 Å². The summed E-state index contributed by atoms with van der Waals surface area (Å²) in [4.78, 5) is 11.1. The summed E-state index contributed by atoms with van der Waals surface area (Å²) in [5.74, 6) is 1.47. The minimum atomic E-state index is 0. The molecular weight excluding hydrogens is 465 g/mol. The van der Waals surface area contributed by atoms with Gasteiger partial charge in [-0.2, -0.15) is 0 Å². The van der Waals surface area contributed by atoms with Gasteiger partial charge in [0.05, 0.1) is 7.11 Å². The van der Waals surface area contributed by atoms with E-state index in [2.05, 4.69) is 55.8 Å². The Labute approximate surface area is 184 Å². The Hall–Kier alpha value is -1.87. The Morgan fingerprint density at radius 2 is 1.93 bits per heavy atom. The Kier molecular flexibility index (Phi) is 9.49. The van der Waals surface area contributed by atoms with Crippen molar-refractivity contribution in [3.8, 4) is 5.88 Å². The van der Waals surface area contributed by atoms with Gasteiger partial charge in [0.1, 0.15) is 0 Å².